The highest BCUT2D eigenvalue weighted by Gasteiger charge is 2.24. The molecule has 2 heterocycles. The lowest BCUT2D eigenvalue weighted by Crippen LogP contribution is -2.48. The molecule has 0 atom stereocenters. The van der Waals surface area contributed by atoms with Gasteiger partial charge in [-0.2, -0.15) is 10.2 Å². The van der Waals surface area contributed by atoms with E-state index < -0.39 is 0 Å². The summed E-state index contributed by atoms with van der Waals surface area (Å²) in [5.41, 5.74) is 3.29. The van der Waals surface area contributed by atoms with Crippen molar-refractivity contribution in [1.82, 2.24) is 19.9 Å². The number of rotatable bonds is 5. The van der Waals surface area contributed by atoms with Crippen LogP contribution in [0.2, 0.25) is 0 Å². The summed E-state index contributed by atoms with van der Waals surface area (Å²) in [6.07, 6.45) is 4.78. The number of piperazine rings is 1. The highest BCUT2D eigenvalue weighted by molar-refractivity contribution is 5.94. The van der Waals surface area contributed by atoms with E-state index in [-0.39, 0.29) is 5.91 Å². The molecule has 0 unspecified atom stereocenters. The lowest BCUT2D eigenvalue weighted by Gasteiger charge is -2.34. The van der Waals surface area contributed by atoms with E-state index in [1.165, 1.54) is 18.4 Å². The Morgan fingerprint density at radius 3 is 2.55 bits per heavy atom. The Kier molecular flexibility index (Phi) is 6.18. The second-order valence-corrected chi connectivity index (χ2v) is 8.90. The molecule has 2 aliphatic rings. The molecule has 1 aliphatic carbocycles. The molecule has 3 aromatic rings. The van der Waals surface area contributed by atoms with Gasteiger partial charge in [0.2, 0.25) is 11.7 Å². The van der Waals surface area contributed by atoms with Crippen LogP contribution in [0.1, 0.15) is 59.0 Å². The molecule has 0 radical (unpaired) electrons. The van der Waals surface area contributed by atoms with E-state index in [1.807, 2.05) is 4.90 Å². The van der Waals surface area contributed by atoms with Crippen molar-refractivity contribution >= 4 is 5.91 Å². The van der Waals surface area contributed by atoms with Crippen molar-refractivity contribution in [3.63, 3.8) is 0 Å². The highest BCUT2D eigenvalue weighted by Crippen LogP contribution is 2.33. The summed E-state index contributed by atoms with van der Waals surface area (Å²) in [4.78, 5) is 21.6. The van der Waals surface area contributed by atoms with Crippen LogP contribution in [-0.2, 0) is 6.54 Å². The minimum absolute atomic E-state index is 0.00631. The van der Waals surface area contributed by atoms with Gasteiger partial charge >= 0.3 is 0 Å². The van der Waals surface area contributed by atoms with E-state index in [0.717, 1.165) is 43.9 Å². The summed E-state index contributed by atoms with van der Waals surface area (Å²) in [5.74, 6) is 1.86. The van der Waals surface area contributed by atoms with E-state index >= 15 is 0 Å². The van der Waals surface area contributed by atoms with Gasteiger partial charge in [0.05, 0.1) is 11.6 Å². The molecule has 1 saturated carbocycles. The van der Waals surface area contributed by atoms with Gasteiger partial charge in [-0.3, -0.25) is 9.69 Å². The van der Waals surface area contributed by atoms with Crippen molar-refractivity contribution in [3.05, 3.63) is 71.1 Å². The predicted octanol–water partition coefficient (Wildman–Crippen LogP) is 4.22. The molecular formula is C26H27N5O2. The van der Waals surface area contributed by atoms with Crippen LogP contribution >= 0.6 is 0 Å². The summed E-state index contributed by atoms with van der Waals surface area (Å²) in [7, 11) is 0. The quantitative estimate of drug-likeness (QED) is 0.589. The molecular weight excluding hydrogens is 414 g/mol. The number of nitriles is 1. The Bertz CT molecular complexity index is 1150. The molecule has 33 heavy (non-hydrogen) atoms. The first kappa shape index (κ1) is 21.4. The van der Waals surface area contributed by atoms with Crippen LogP contribution in [0.25, 0.3) is 11.4 Å². The molecule has 0 N–H and O–H groups in total. The third-order valence-electron chi connectivity index (χ3n) is 6.66. The van der Waals surface area contributed by atoms with Crippen molar-refractivity contribution < 1.29 is 9.32 Å². The average Bonchev–Trinajstić information content (AvgIpc) is 3.57. The maximum absolute atomic E-state index is 12.8. The summed E-state index contributed by atoms with van der Waals surface area (Å²) in [6, 6.07) is 17.4. The van der Waals surface area contributed by atoms with Crippen LogP contribution in [0, 0.1) is 11.3 Å². The van der Waals surface area contributed by atoms with Crippen LogP contribution in [-0.4, -0.2) is 52.0 Å². The third kappa shape index (κ3) is 4.81. The van der Waals surface area contributed by atoms with E-state index in [9.17, 15) is 4.79 Å². The van der Waals surface area contributed by atoms with Gasteiger partial charge < -0.3 is 9.42 Å². The van der Waals surface area contributed by atoms with Gasteiger partial charge in [-0.05, 0) is 36.6 Å². The normalized spacial score (nSPS) is 17.2. The minimum atomic E-state index is -0.00631. The number of aromatic nitrogens is 2. The van der Waals surface area contributed by atoms with E-state index in [2.05, 4.69) is 45.4 Å². The molecule has 1 amide bonds. The van der Waals surface area contributed by atoms with E-state index in [0.29, 0.717) is 36.0 Å². The number of hydrogen-bond donors (Lipinski definition) is 0. The molecule has 7 nitrogen and oxygen atoms in total. The summed E-state index contributed by atoms with van der Waals surface area (Å²) in [5, 5.41) is 13.2. The fourth-order valence-electron chi connectivity index (χ4n) is 4.72. The molecule has 0 bridgehead atoms. The minimum Gasteiger partial charge on any atom is -0.339 e. The second-order valence-electron chi connectivity index (χ2n) is 8.90. The Hall–Kier alpha value is -3.50. The lowest BCUT2D eigenvalue weighted by molar-refractivity contribution is 0.0628. The Morgan fingerprint density at radius 2 is 1.82 bits per heavy atom. The predicted molar refractivity (Wildman–Crippen MR) is 123 cm³/mol. The Labute approximate surface area is 193 Å². The molecule has 0 spiro atoms. The second kappa shape index (κ2) is 9.55. The lowest BCUT2D eigenvalue weighted by atomic mass is 10.1. The van der Waals surface area contributed by atoms with Gasteiger partial charge in [0.15, 0.2) is 0 Å². The molecule has 5 rings (SSSR count). The summed E-state index contributed by atoms with van der Waals surface area (Å²) >= 11 is 0. The van der Waals surface area contributed by atoms with E-state index in [1.54, 1.807) is 24.3 Å². The number of hydrogen-bond acceptors (Lipinski definition) is 6. The zero-order chi connectivity index (χ0) is 22.6. The number of nitrogens with zero attached hydrogens (tertiary/aromatic N) is 5. The zero-order valence-corrected chi connectivity index (χ0v) is 18.6. The SMILES string of the molecule is N#Cc1cccc(C(=O)N2CCN(Cc3ccc(-c4noc(C5CCCC5)n4)cc3)CC2)c1. The van der Waals surface area contributed by atoms with Gasteiger partial charge in [-0.1, -0.05) is 48.3 Å². The number of carbonyl (C=O) groups is 1. The number of benzene rings is 2. The Balaban J connectivity index is 1.15. The number of carbonyl (C=O) groups excluding carboxylic acids is 1. The summed E-state index contributed by atoms with van der Waals surface area (Å²) < 4.78 is 5.51. The molecule has 1 aromatic heterocycles. The Morgan fingerprint density at radius 1 is 1.06 bits per heavy atom. The van der Waals surface area contributed by atoms with Crippen LogP contribution < -0.4 is 0 Å². The van der Waals surface area contributed by atoms with Gasteiger partial charge in [-0.25, -0.2) is 0 Å². The van der Waals surface area contributed by atoms with Crippen LogP contribution in [0.4, 0.5) is 0 Å². The van der Waals surface area contributed by atoms with E-state index in [4.69, 9.17) is 9.78 Å². The van der Waals surface area contributed by atoms with Crippen molar-refractivity contribution in [3.8, 4) is 17.5 Å². The standard InChI is InChI=1S/C26H27N5O2/c27-17-20-4-3-7-23(16-20)26(32)31-14-12-30(13-15-31)18-19-8-10-21(11-9-19)24-28-25(33-29-24)22-5-1-2-6-22/h3-4,7-11,16,22H,1-2,5-6,12-15,18H2. The van der Waals surface area contributed by atoms with Crippen LogP contribution in [0.5, 0.6) is 0 Å². The van der Waals surface area contributed by atoms with Gasteiger partial charge in [-0.15, -0.1) is 0 Å². The maximum Gasteiger partial charge on any atom is 0.253 e. The zero-order valence-electron chi connectivity index (χ0n) is 18.6. The van der Waals surface area contributed by atoms with Crippen LogP contribution in [0.3, 0.4) is 0 Å². The van der Waals surface area contributed by atoms with Gasteiger partial charge in [0, 0.05) is 49.8 Å². The smallest absolute Gasteiger partial charge is 0.253 e. The van der Waals surface area contributed by atoms with Crippen molar-refractivity contribution in [1.29, 1.82) is 5.26 Å². The van der Waals surface area contributed by atoms with Crippen LogP contribution in [0.15, 0.2) is 53.1 Å². The first-order chi connectivity index (χ1) is 16.2. The highest BCUT2D eigenvalue weighted by atomic mass is 16.5. The number of amides is 1. The van der Waals surface area contributed by atoms with Gasteiger partial charge in [0.25, 0.3) is 5.91 Å². The fraction of sp³-hybridized carbons (Fsp3) is 0.385. The molecule has 2 fully saturated rings. The van der Waals surface area contributed by atoms with Gasteiger partial charge in [0.1, 0.15) is 0 Å². The van der Waals surface area contributed by atoms with Crippen molar-refractivity contribution in [2.45, 2.75) is 38.1 Å². The first-order valence-corrected chi connectivity index (χ1v) is 11.6. The fourth-order valence-corrected chi connectivity index (χ4v) is 4.72. The first-order valence-electron chi connectivity index (χ1n) is 11.6. The molecule has 1 saturated heterocycles. The third-order valence-corrected chi connectivity index (χ3v) is 6.66. The molecule has 2 aromatic carbocycles. The monoisotopic (exact) mass is 441 g/mol. The molecule has 1 aliphatic heterocycles. The molecule has 168 valence electrons. The molecule has 7 heteroatoms. The van der Waals surface area contributed by atoms with Crippen molar-refractivity contribution in [2.24, 2.45) is 0 Å². The summed E-state index contributed by atoms with van der Waals surface area (Å²) in [6.45, 7) is 3.84. The maximum atomic E-state index is 12.8. The van der Waals surface area contributed by atoms with Crippen molar-refractivity contribution in [2.75, 3.05) is 26.2 Å². The average molecular weight is 442 g/mol. The largest absolute Gasteiger partial charge is 0.339 e. The topological polar surface area (TPSA) is 86.3 Å².